The van der Waals surface area contributed by atoms with Gasteiger partial charge in [0, 0.05) is 11.7 Å². The molecule has 1 amide bonds. The maximum atomic E-state index is 10.6. The summed E-state index contributed by atoms with van der Waals surface area (Å²) >= 11 is 0. The van der Waals surface area contributed by atoms with Crippen LogP contribution < -0.4 is 15.8 Å². The number of anilines is 1. The molecule has 0 atom stereocenters. The molecule has 0 bridgehead atoms. The van der Waals surface area contributed by atoms with Crippen molar-refractivity contribution in [1.29, 1.82) is 0 Å². The van der Waals surface area contributed by atoms with Crippen LogP contribution in [-0.4, -0.2) is 43.6 Å². The summed E-state index contributed by atoms with van der Waals surface area (Å²) in [5.74, 6) is 0.196. The van der Waals surface area contributed by atoms with Crippen molar-refractivity contribution in [1.82, 2.24) is 4.90 Å². The Morgan fingerprint density at radius 1 is 1.37 bits per heavy atom. The average Bonchev–Trinajstić information content (AvgIpc) is 2.40. The van der Waals surface area contributed by atoms with E-state index in [0.717, 1.165) is 31.6 Å². The number of primary amides is 1. The predicted molar refractivity (Wildman–Crippen MR) is 75.3 cm³/mol. The van der Waals surface area contributed by atoms with E-state index in [0.29, 0.717) is 11.8 Å². The number of hydrogen-bond acceptors (Lipinski definition) is 4. The number of rotatable bonds is 5. The quantitative estimate of drug-likeness (QED) is 0.833. The molecule has 1 aliphatic heterocycles. The van der Waals surface area contributed by atoms with Crippen LogP contribution in [0.5, 0.6) is 5.75 Å². The number of nitrogens with zero attached hydrogens (tertiary/aromatic N) is 1. The van der Waals surface area contributed by atoms with Crippen molar-refractivity contribution in [3.8, 4) is 5.75 Å². The molecule has 1 aromatic carbocycles. The van der Waals surface area contributed by atoms with E-state index in [4.69, 9.17) is 10.5 Å². The Morgan fingerprint density at radius 2 is 2.00 bits per heavy atom. The maximum Gasteiger partial charge on any atom is 0.255 e. The van der Waals surface area contributed by atoms with Crippen LogP contribution in [0.2, 0.25) is 0 Å². The van der Waals surface area contributed by atoms with Crippen LogP contribution in [0, 0.1) is 0 Å². The Bertz CT molecular complexity index is 411. The minimum Gasteiger partial charge on any atom is -0.484 e. The molecule has 2 rings (SSSR count). The largest absolute Gasteiger partial charge is 0.484 e. The molecule has 1 aromatic rings. The lowest BCUT2D eigenvalue weighted by Gasteiger charge is -2.30. The summed E-state index contributed by atoms with van der Waals surface area (Å²) in [6.45, 7) is 2.19. The number of benzene rings is 1. The van der Waals surface area contributed by atoms with Gasteiger partial charge in [-0.3, -0.25) is 4.79 Å². The van der Waals surface area contributed by atoms with E-state index < -0.39 is 5.91 Å². The van der Waals surface area contributed by atoms with Gasteiger partial charge in [-0.15, -0.1) is 0 Å². The molecule has 1 heterocycles. The van der Waals surface area contributed by atoms with Gasteiger partial charge in [-0.25, -0.2) is 0 Å². The van der Waals surface area contributed by atoms with Crippen molar-refractivity contribution in [3.05, 3.63) is 24.3 Å². The summed E-state index contributed by atoms with van der Waals surface area (Å²) in [4.78, 5) is 13.0. The number of amides is 1. The molecule has 0 aliphatic carbocycles. The van der Waals surface area contributed by atoms with Crippen molar-refractivity contribution in [2.24, 2.45) is 5.73 Å². The van der Waals surface area contributed by atoms with Crippen LogP contribution in [0.4, 0.5) is 5.69 Å². The van der Waals surface area contributed by atoms with Crippen LogP contribution in [0.15, 0.2) is 24.3 Å². The number of hydrogen-bond donors (Lipinski definition) is 2. The first kappa shape index (κ1) is 13.7. The van der Waals surface area contributed by atoms with Crippen LogP contribution in [0.25, 0.3) is 0 Å². The highest BCUT2D eigenvalue weighted by atomic mass is 16.5. The average molecular weight is 263 g/mol. The number of nitrogens with one attached hydrogen (secondary N) is 1. The van der Waals surface area contributed by atoms with Crippen molar-refractivity contribution < 1.29 is 9.53 Å². The number of piperidine rings is 1. The Morgan fingerprint density at radius 3 is 2.58 bits per heavy atom. The van der Waals surface area contributed by atoms with E-state index in [9.17, 15) is 4.79 Å². The number of ether oxygens (including phenoxy) is 1. The zero-order valence-corrected chi connectivity index (χ0v) is 11.3. The molecule has 0 saturated carbocycles. The van der Waals surface area contributed by atoms with E-state index >= 15 is 0 Å². The summed E-state index contributed by atoms with van der Waals surface area (Å²) in [6.07, 6.45) is 2.33. The predicted octanol–water partition coefficient (Wildman–Crippen LogP) is 1.06. The second-order valence-corrected chi connectivity index (χ2v) is 5.00. The molecule has 5 nitrogen and oxygen atoms in total. The lowest BCUT2D eigenvalue weighted by Crippen LogP contribution is -2.36. The zero-order chi connectivity index (χ0) is 13.7. The molecule has 19 heavy (non-hydrogen) atoms. The maximum absolute atomic E-state index is 10.6. The fourth-order valence-corrected chi connectivity index (χ4v) is 2.19. The van der Waals surface area contributed by atoms with E-state index in [1.807, 2.05) is 24.3 Å². The van der Waals surface area contributed by atoms with Crippen molar-refractivity contribution in [2.45, 2.75) is 18.9 Å². The Kier molecular flexibility index (Phi) is 4.63. The van der Waals surface area contributed by atoms with Crippen LogP contribution in [-0.2, 0) is 4.79 Å². The van der Waals surface area contributed by atoms with E-state index in [2.05, 4.69) is 17.3 Å². The Balaban J connectivity index is 1.83. The molecule has 0 spiro atoms. The summed E-state index contributed by atoms with van der Waals surface area (Å²) in [5.41, 5.74) is 6.11. The number of nitrogens with two attached hydrogens (primary N) is 1. The molecular weight excluding hydrogens is 242 g/mol. The van der Waals surface area contributed by atoms with Gasteiger partial charge in [0.25, 0.3) is 5.91 Å². The highest BCUT2D eigenvalue weighted by Crippen LogP contribution is 2.19. The van der Waals surface area contributed by atoms with E-state index in [-0.39, 0.29) is 6.61 Å². The van der Waals surface area contributed by atoms with E-state index in [1.54, 1.807) is 0 Å². The third-order valence-electron chi connectivity index (χ3n) is 3.32. The lowest BCUT2D eigenvalue weighted by molar-refractivity contribution is -0.119. The molecule has 104 valence electrons. The van der Waals surface area contributed by atoms with Crippen LogP contribution in [0.1, 0.15) is 12.8 Å². The molecule has 0 unspecified atom stereocenters. The molecule has 1 fully saturated rings. The van der Waals surface area contributed by atoms with Gasteiger partial charge in [0.1, 0.15) is 5.75 Å². The fraction of sp³-hybridized carbons (Fsp3) is 0.500. The number of carbonyl (C=O) groups is 1. The van der Waals surface area contributed by atoms with Gasteiger partial charge in [0.2, 0.25) is 0 Å². The van der Waals surface area contributed by atoms with E-state index in [1.165, 1.54) is 0 Å². The first-order chi connectivity index (χ1) is 9.13. The lowest BCUT2D eigenvalue weighted by atomic mass is 10.1. The third kappa shape index (κ3) is 4.44. The summed E-state index contributed by atoms with van der Waals surface area (Å²) < 4.78 is 5.22. The monoisotopic (exact) mass is 263 g/mol. The Hall–Kier alpha value is -1.75. The van der Waals surface area contributed by atoms with Crippen molar-refractivity contribution in [3.63, 3.8) is 0 Å². The normalized spacial score (nSPS) is 17.1. The SMILES string of the molecule is CN1CCC(Nc2ccc(OCC(N)=O)cc2)CC1. The highest BCUT2D eigenvalue weighted by Gasteiger charge is 2.15. The van der Waals surface area contributed by atoms with Gasteiger partial charge in [-0.05, 0) is 57.2 Å². The third-order valence-corrected chi connectivity index (χ3v) is 3.32. The minimum absolute atomic E-state index is 0.0816. The molecular formula is C14H21N3O2. The van der Waals surface area contributed by atoms with Gasteiger partial charge < -0.3 is 20.7 Å². The summed E-state index contributed by atoms with van der Waals surface area (Å²) in [5, 5.41) is 3.52. The molecule has 3 N–H and O–H groups in total. The topological polar surface area (TPSA) is 67.6 Å². The second kappa shape index (κ2) is 6.43. The summed E-state index contributed by atoms with van der Waals surface area (Å²) in [6, 6.07) is 8.16. The van der Waals surface area contributed by atoms with Crippen LogP contribution in [0.3, 0.4) is 0 Å². The fourth-order valence-electron chi connectivity index (χ4n) is 2.19. The molecule has 1 aliphatic rings. The van der Waals surface area contributed by atoms with Crippen molar-refractivity contribution >= 4 is 11.6 Å². The molecule has 0 aromatic heterocycles. The highest BCUT2D eigenvalue weighted by molar-refractivity contribution is 5.75. The first-order valence-corrected chi connectivity index (χ1v) is 6.60. The van der Waals surface area contributed by atoms with Crippen molar-refractivity contribution in [2.75, 3.05) is 32.1 Å². The van der Waals surface area contributed by atoms with Gasteiger partial charge in [0.15, 0.2) is 6.61 Å². The zero-order valence-electron chi connectivity index (χ0n) is 11.3. The molecule has 1 saturated heterocycles. The number of carbonyl (C=O) groups excluding carboxylic acids is 1. The van der Waals surface area contributed by atoms with Gasteiger partial charge in [-0.2, -0.15) is 0 Å². The Labute approximate surface area is 113 Å². The van der Waals surface area contributed by atoms with Crippen LogP contribution >= 0.6 is 0 Å². The molecule has 5 heteroatoms. The van der Waals surface area contributed by atoms with Gasteiger partial charge >= 0.3 is 0 Å². The second-order valence-electron chi connectivity index (χ2n) is 5.00. The standard InChI is InChI=1S/C14H21N3O2/c1-17-8-6-12(7-9-17)16-11-2-4-13(5-3-11)19-10-14(15)18/h2-5,12,16H,6-10H2,1H3,(H2,15,18). The van der Waals surface area contributed by atoms with Gasteiger partial charge in [0.05, 0.1) is 0 Å². The first-order valence-electron chi connectivity index (χ1n) is 6.60. The number of likely N-dealkylation sites (tertiary alicyclic amines) is 1. The smallest absolute Gasteiger partial charge is 0.255 e. The minimum atomic E-state index is -0.464. The summed E-state index contributed by atoms with van der Waals surface area (Å²) in [7, 11) is 2.15. The van der Waals surface area contributed by atoms with Gasteiger partial charge in [-0.1, -0.05) is 0 Å². The molecule has 0 radical (unpaired) electrons.